The van der Waals surface area contributed by atoms with Gasteiger partial charge in [-0.2, -0.15) is 4.98 Å². The van der Waals surface area contributed by atoms with Gasteiger partial charge in [0.25, 0.3) is 0 Å². The normalized spacial score (nSPS) is 26.8. The molecule has 4 rings (SSSR count). The first-order valence-electron chi connectivity index (χ1n) is 9.12. The van der Waals surface area contributed by atoms with Crippen LogP contribution in [0.5, 0.6) is 0 Å². The van der Waals surface area contributed by atoms with E-state index in [-0.39, 0.29) is 17.9 Å². The van der Waals surface area contributed by atoms with Gasteiger partial charge >= 0.3 is 0 Å². The molecule has 0 aromatic carbocycles. The Balaban J connectivity index is 1.46. The van der Waals surface area contributed by atoms with E-state index in [0.717, 1.165) is 64.1 Å². The van der Waals surface area contributed by atoms with Crippen molar-refractivity contribution in [3.63, 3.8) is 0 Å². The van der Waals surface area contributed by atoms with Crippen LogP contribution in [0.1, 0.15) is 62.2 Å². The summed E-state index contributed by atoms with van der Waals surface area (Å²) >= 11 is 0. The Labute approximate surface area is 141 Å². The molecule has 0 aliphatic carbocycles. The van der Waals surface area contributed by atoms with E-state index in [1.165, 1.54) is 0 Å². The zero-order chi connectivity index (χ0) is 16.4. The molecule has 1 atom stereocenters. The highest BCUT2D eigenvalue weighted by Crippen LogP contribution is 2.35. The van der Waals surface area contributed by atoms with Crippen molar-refractivity contribution < 1.29 is 18.8 Å². The Morgan fingerprint density at radius 3 is 2.46 bits per heavy atom. The molecule has 7 nitrogen and oxygen atoms in total. The molecule has 3 fully saturated rings. The number of carbonyl (C=O) groups excluding carboxylic acids is 1. The van der Waals surface area contributed by atoms with E-state index in [1.807, 2.05) is 4.90 Å². The zero-order valence-corrected chi connectivity index (χ0v) is 14.0. The van der Waals surface area contributed by atoms with Crippen LogP contribution in [0.25, 0.3) is 0 Å². The molecule has 4 heterocycles. The minimum absolute atomic E-state index is 0.0542. The topological polar surface area (TPSA) is 77.7 Å². The van der Waals surface area contributed by atoms with E-state index in [0.29, 0.717) is 25.0 Å². The minimum Gasteiger partial charge on any atom is -0.381 e. The van der Waals surface area contributed by atoms with Gasteiger partial charge in [0.15, 0.2) is 5.82 Å². The molecule has 0 spiro atoms. The summed E-state index contributed by atoms with van der Waals surface area (Å²) in [4.78, 5) is 19.5. The van der Waals surface area contributed by atoms with Crippen LogP contribution in [-0.2, 0) is 14.3 Å². The predicted molar refractivity (Wildman–Crippen MR) is 84.3 cm³/mol. The molecule has 132 valence electrons. The van der Waals surface area contributed by atoms with Gasteiger partial charge in [-0.3, -0.25) is 4.79 Å². The Hall–Kier alpha value is -1.47. The Morgan fingerprint density at radius 2 is 1.71 bits per heavy atom. The van der Waals surface area contributed by atoms with Gasteiger partial charge in [-0.15, -0.1) is 0 Å². The lowest BCUT2D eigenvalue weighted by molar-refractivity contribution is -0.140. The van der Waals surface area contributed by atoms with Crippen molar-refractivity contribution in [1.29, 1.82) is 0 Å². The maximum atomic E-state index is 12.9. The third-order valence-electron chi connectivity index (χ3n) is 5.44. The van der Waals surface area contributed by atoms with Gasteiger partial charge < -0.3 is 18.9 Å². The summed E-state index contributed by atoms with van der Waals surface area (Å²) in [7, 11) is 0. The van der Waals surface area contributed by atoms with Gasteiger partial charge in [-0.1, -0.05) is 5.16 Å². The second-order valence-corrected chi connectivity index (χ2v) is 6.95. The number of hydrogen-bond acceptors (Lipinski definition) is 6. The van der Waals surface area contributed by atoms with Gasteiger partial charge in [0, 0.05) is 44.8 Å². The minimum atomic E-state index is -0.0542. The Kier molecular flexibility index (Phi) is 4.80. The molecule has 0 saturated carbocycles. The molecule has 3 saturated heterocycles. The smallest absolute Gasteiger partial charge is 0.249 e. The summed E-state index contributed by atoms with van der Waals surface area (Å²) in [5.74, 6) is 2.01. The van der Waals surface area contributed by atoms with E-state index in [2.05, 4.69) is 10.1 Å². The number of amides is 1. The van der Waals surface area contributed by atoms with Crippen molar-refractivity contribution in [1.82, 2.24) is 15.0 Å². The third-order valence-corrected chi connectivity index (χ3v) is 5.44. The summed E-state index contributed by atoms with van der Waals surface area (Å²) < 4.78 is 16.3. The molecule has 3 aliphatic rings. The summed E-state index contributed by atoms with van der Waals surface area (Å²) in [6.45, 7) is 3.67. The average Bonchev–Trinajstić information content (AvgIpc) is 3.32. The summed E-state index contributed by atoms with van der Waals surface area (Å²) in [5, 5.41) is 4.19. The fourth-order valence-electron chi connectivity index (χ4n) is 3.97. The molecular weight excluding hydrogens is 310 g/mol. The van der Waals surface area contributed by atoms with Crippen molar-refractivity contribution in [2.75, 3.05) is 33.0 Å². The van der Waals surface area contributed by atoms with Gasteiger partial charge in [-0.25, -0.2) is 0 Å². The van der Waals surface area contributed by atoms with Crippen LogP contribution in [-0.4, -0.2) is 53.9 Å². The number of carbonyl (C=O) groups is 1. The van der Waals surface area contributed by atoms with Crippen LogP contribution in [0, 0.1) is 5.92 Å². The van der Waals surface area contributed by atoms with Gasteiger partial charge in [-0.05, 0) is 38.5 Å². The summed E-state index contributed by atoms with van der Waals surface area (Å²) in [6.07, 6.45) is 5.42. The zero-order valence-electron chi connectivity index (χ0n) is 14.0. The quantitative estimate of drug-likeness (QED) is 0.841. The van der Waals surface area contributed by atoms with E-state index < -0.39 is 0 Å². The van der Waals surface area contributed by atoms with Crippen molar-refractivity contribution in [3.05, 3.63) is 11.7 Å². The van der Waals surface area contributed by atoms with Crippen LogP contribution in [0.4, 0.5) is 0 Å². The molecule has 0 bridgehead atoms. The van der Waals surface area contributed by atoms with Gasteiger partial charge in [0.2, 0.25) is 11.8 Å². The summed E-state index contributed by atoms with van der Waals surface area (Å²) in [5.41, 5.74) is 0. The number of likely N-dealkylation sites (tertiary alicyclic amines) is 1. The maximum absolute atomic E-state index is 12.9. The van der Waals surface area contributed by atoms with Crippen molar-refractivity contribution >= 4 is 5.91 Å². The largest absolute Gasteiger partial charge is 0.381 e. The van der Waals surface area contributed by atoms with Crippen molar-refractivity contribution in [3.8, 4) is 0 Å². The molecule has 0 radical (unpaired) electrons. The lowest BCUT2D eigenvalue weighted by Crippen LogP contribution is -2.38. The lowest BCUT2D eigenvalue weighted by Gasteiger charge is -2.29. The van der Waals surface area contributed by atoms with Crippen LogP contribution in [0.15, 0.2) is 4.52 Å². The van der Waals surface area contributed by atoms with E-state index >= 15 is 0 Å². The molecule has 0 N–H and O–H groups in total. The predicted octanol–water partition coefficient (Wildman–Crippen LogP) is 2.05. The standard InChI is InChI=1S/C17H25N3O4/c21-17(13-5-10-23-11-6-13)20-7-1-2-14(20)16-18-15(19-24-16)12-3-8-22-9-4-12/h12-14H,1-11H2/t14-/m0/s1. The van der Waals surface area contributed by atoms with Gasteiger partial charge in [0.05, 0.1) is 0 Å². The van der Waals surface area contributed by atoms with Crippen LogP contribution in [0.3, 0.4) is 0 Å². The Morgan fingerprint density at radius 1 is 1.00 bits per heavy atom. The monoisotopic (exact) mass is 335 g/mol. The van der Waals surface area contributed by atoms with Crippen molar-refractivity contribution in [2.45, 2.75) is 50.5 Å². The SMILES string of the molecule is O=C(C1CCOCC1)N1CCC[C@H]1c1nc(C2CCOCC2)no1. The highest BCUT2D eigenvalue weighted by molar-refractivity contribution is 5.79. The number of aromatic nitrogens is 2. The third kappa shape index (κ3) is 3.19. The fourth-order valence-corrected chi connectivity index (χ4v) is 3.97. The fraction of sp³-hybridized carbons (Fsp3) is 0.824. The summed E-state index contributed by atoms with van der Waals surface area (Å²) in [6, 6.07) is -0.0542. The van der Waals surface area contributed by atoms with E-state index in [4.69, 9.17) is 14.0 Å². The number of nitrogens with zero attached hydrogens (tertiary/aromatic N) is 3. The van der Waals surface area contributed by atoms with Crippen molar-refractivity contribution in [2.24, 2.45) is 5.92 Å². The molecule has 0 unspecified atom stereocenters. The van der Waals surface area contributed by atoms with Crippen LogP contribution in [0.2, 0.25) is 0 Å². The Bertz CT molecular complexity index is 564. The maximum Gasteiger partial charge on any atom is 0.249 e. The molecule has 7 heteroatoms. The molecular formula is C17H25N3O4. The second-order valence-electron chi connectivity index (χ2n) is 6.95. The number of rotatable bonds is 3. The number of ether oxygens (including phenoxy) is 2. The molecule has 1 aromatic heterocycles. The molecule has 1 aromatic rings. The van der Waals surface area contributed by atoms with Crippen LogP contribution >= 0.6 is 0 Å². The van der Waals surface area contributed by atoms with Crippen LogP contribution < -0.4 is 0 Å². The van der Waals surface area contributed by atoms with E-state index in [1.54, 1.807) is 0 Å². The first-order chi connectivity index (χ1) is 11.8. The van der Waals surface area contributed by atoms with Gasteiger partial charge in [0.1, 0.15) is 6.04 Å². The average molecular weight is 335 g/mol. The molecule has 24 heavy (non-hydrogen) atoms. The lowest BCUT2D eigenvalue weighted by atomic mass is 9.98. The highest BCUT2D eigenvalue weighted by atomic mass is 16.5. The number of hydrogen-bond donors (Lipinski definition) is 0. The first-order valence-corrected chi connectivity index (χ1v) is 9.12. The van der Waals surface area contributed by atoms with E-state index in [9.17, 15) is 4.79 Å². The molecule has 3 aliphatic heterocycles. The second kappa shape index (κ2) is 7.19. The first kappa shape index (κ1) is 16.0. The highest BCUT2D eigenvalue weighted by Gasteiger charge is 2.37. The molecule has 1 amide bonds.